The summed E-state index contributed by atoms with van der Waals surface area (Å²) in [4.78, 5) is 34.6. The van der Waals surface area contributed by atoms with E-state index in [1.54, 1.807) is 26.0 Å². The van der Waals surface area contributed by atoms with E-state index in [2.05, 4.69) is 16.0 Å². The fraction of sp³-hybridized carbons (Fsp3) is 0.438. The number of hydrogen-bond donors (Lipinski definition) is 3. The summed E-state index contributed by atoms with van der Waals surface area (Å²) in [5.41, 5.74) is 0.350. The summed E-state index contributed by atoms with van der Waals surface area (Å²) in [5, 5.41) is 7.12. The van der Waals surface area contributed by atoms with Gasteiger partial charge in [-0.3, -0.25) is 14.9 Å². The number of anilines is 1. The van der Waals surface area contributed by atoms with Crippen LogP contribution in [0.25, 0.3) is 0 Å². The van der Waals surface area contributed by atoms with Crippen LogP contribution in [-0.4, -0.2) is 49.7 Å². The molecule has 9 nitrogen and oxygen atoms in total. The zero-order valence-corrected chi connectivity index (χ0v) is 15.4. The number of urea groups is 1. The molecule has 1 atom stereocenters. The summed E-state index contributed by atoms with van der Waals surface area (Å²) >= 11 is 0. The molecule has 1 aliphatic rings. The second-order valence-corrected chi connectivity index (χ2v) is 7.66. The Morgan fingerprint density at radius 3 is 2.50 bits per heavy atom. The molecular weight excluding hydrogens is 360 g/mol. The Kier molecular flexibility index (Phi) is 6.32. The molecule has 142 valence electrons. The molecule has 10 heteroatoms. The zero-order chi connectivity index (χ0) is 19.3. The van der Waals surface area contributed by atoms with Gasteiger partial charge in [-0.05, 0) is 24.6 Å². The van der Waals surface area contributed by atoms with Crippen LogP contribution in [0.1, 0.15) is 26.7 Å². The van der Waals surface area contributed by atoms with Gasteiger partial charge in [-0.1, -0.05) is 19.9 Å². The summed E-state index contributed by atoms with van der Waals surface area (Å²) in [6.45, 7) is 4.21. The molecule has 0 aromatic heterocycles. The number of benzene rings is 1. The van der Waals surface area contributed by atoms with Crippen molar-refractivity contribution in [2.24, 2.45) is 0 Å². The van der Waals surface area contributed by atoms with Gasteiger partial charge in [0.25, 0.3) is 5.91 Å². The molecule has 1 aromatic rings. The van der Waals surface area contributed by atoms with Gasteiger partial charge in [0, 0.05) is 25.2 Å². The van der Waals surface area contributed by atoms with Crippen LogP contribution in [-0.2, 0) is 19.6 Å². The summed E-state index contributed by atoms with van der Waals surface area (Å²) in [7, 11) is -3.62. The van der Waals surface area contributed by atoms with Gasteiger partial charge in [0.15, 0.2) is 0 Å². The maximum absolute atomic E-state index is 12.5. The standard InChI is InChI=1S/C16H22N4O5S/c1-3-20(4-2)26(24,25)12-7-5-6-11(10-12)17-14(21)9-8-13-15(22)19-16(23)18-13/h5-7,10,13H,3-4,8-9H2,1-2H3,(H,17,21)(H2,18,19,22,23)/t13-/m1/s1. The number of rotatable bonds is 8. The molecule has 1 fully saturated rings. The SMILES string of the molecule is CCN(CC)S(=O)(=O)c1cccc(NC(=O)CC[C@H]2NC(=O)NC2=O)c1. The Labute approximate surface area is 152 Å². The highest BCUT2D eigenvalue weighted by Crippen LogP contribution is 2.20. The lowest BCUT2D eigenvalue weighted by Crippen LogP contribution is -2.31. The Morgan fingerprint density at radius 2 is 1.92 bits per heavy atom. The molecule has 2 rings (SSSR count). The van der Waals surface area contributed by atoms with E-state index < -0.39 is 28.0 Å². The van der Waals surface area contributed by atoms with Gasteiger partial charge >= 0.3 is 6.03 Å². The molecule has 0 unspecified atom stereocenters. The highest BCUT2D eigenvalue weighted by atomic mass is 32.2. The zero-order valence-electron chi connectivity index (χ0n) is 14.6. The second kappa shape index (κ2) is 8.28. The Hall–Kier alpha value is -2.46. The first kappa shape index (κ1) is 19.9. The first-order chi connectivity index (χ1) is 12.3. The molecule has 0 aliphatic carbocycles. The van der Waals surface area contributed by atoms with Crippen molar-refractivity contribution < 1.29 is 22.8 Å². The van der Waals surface area contributed by atoms with Gasteiger partial charge in [-0.25, -0.2) is 13.2 Å². The molecule has 4 amide bonds. The minimum absolute atomic E-state index is 0.00535. The number of carbonyl (C=O) groups is 3. The van der Waals surface area contributed by atoms with Crippen molar-refractivity contribution in [3.05, 3.63) is 24.3 Å². The van der Waals surface area contributed by atoms with Crippen LogP contribution >= 0.6 is 0 Å². The van der Waals surface area contributed by atoms with Crippen molar-refractivity contribution in [2.45, 2.75) is 37.6 Å². The molecule has 1 aromatic carbocycles. The first-order valence-electron chi connectivity index (χ1n) is 8.29. The van der Waals surface area contributed by atoms with Gasteiger partial charge < -0.3 is 10.6 Å². The molecule has 0 radical (unpaired) electrons. The van der Waals surface area contributed by atoms with Gasteiger partial charge in [0.1, 0.15) is 6.04 Å². The highest BCUT2D eigenvalue weighted by Gasteiger charge is 2.29. The smallest absolute Gasteiger partial charge is 0.322 e. The predicted octanol–water partition coefficient (Wildman–Crippen LogP) is 0.644. The second-order valence-electron chi connectivity index (χ2n) is 5.72. The number of sulfonamides is 1. The number of carbonyl (C=O) groups excluding carboxylic acids is 3. The summed E-state index contributed by atoms with van der Waals surface area (Å²) < 4.78 is 26.4. The van der Waals surface area contributed by atoms with E-state index in [0.29, 0.717) is 18.8 Å². The Morgan fingerprint density at radius 1 is 1.23 bits per heavy atom. The van der Waals surface area contributed by atoms with Crippen LogP contribution in [0.3, 0.4) is 0 Å². The van der Waals surface area contributed by atoms with Gasteiger partial charge in [0.05, 0.1) is 4.90 Å². The lowest BCUT2D eigenvalue weighted by molar-refractivity contribution is -0.120. The quantitative estimate of drug-likeness (QED) is 0.569. The highest BCUT2D eigenvalue weighted by molar-refractivity contribution is 7.89. The van der Waals surface area contributed by atoms with Crippen molar-refractivity contribution >= 4 is 33.6 Å². The molecule has 0 spiro atoms. The molecule has 1 saturated heterocycles. The number of amides is 4. The average molecular weight is 382 g/mol. The van der Waals surface area contributed by atoms with Crippen molar-refractivity contribution in [1.29, 1.82) is 0 Å². The van der Waals surface area contributed by atoms with E-state index in [1.807, 2.05) is 0 Å². The van der Waals surface area contributed by atoms with Crippen LogP contribution in [0.4, 0.5) is 10.5 Å². The van der Waals surface area contributed by atoms with E-state index >= 15 is 0 Å². The van der Waals surface area contributed by atoms with E-state index in [-0.39, 0.29) is 23.6 Å². The van der Waals surface area contributed by atoms with Crippen LogP contribution in [0, 0.1) is 0 Å². The number of hydrogen-bond acceptors (Lipinski definition) is 5. The summed E-state index contributed by atoms with van der Waals surface area (Å²) in [6.07, 6.45) is 0.159. The van der Waals surface area contributed by atoms with Gasteiger partial charge in [-0.2, -0.15) is 4.31 Å². The number of imide groups is 1. The molecule has 1 aliphatic heterocycles. The van der Waals surface area contributed by atoms with Gasteiger partial charge in [0.2, 0.25) is 15.9 Å². The third-order valence-corrected chi connectivity index (χ3v) is 6.03. The van der Waals surface area contributed by atoms with Crippen molar-refractivity contribution in [3.63, 3.8) is 0 Å². The van der Waals surface area contributed by atoms with Gasteiger partial charge in [-0.15, -0.1) is 0 Å². The minimum Gasteiger partial charge on any atom is -0.326 e. The number of nitrogens with zero attached hydrogens (tertiary/aromatic N) is 1. The fourth-order valence-electron chi connectivity index (χ4n) is 2.61. The number of nitrogens with one attached hydrogen (secondary N) is 3. The van der Waals surface area contributed by atoms with Crippen molar-refractivity contribution in [2.75, 3.05) is 18.4 Å². The molecule has 1 heterocycles. The maximum atomic E-state index is 12.5. The van der Waals surface area contributed by atoms with Crippen LogP contribution in [0.2, 0.25) is 0 Å². The van der Waals surface area contributed by atoms with E-state index in [0.717, 1.165) is 0 Å². The third-order valence-electron chi connectivity index (χ3n) is 3.98. The molecule has 26 heavy (non-hydrogen) atoms. The summed E-state index contributed by atoms with van der Waals surface area (Å²) in [5.74, 6) is -0.841. The predicted molar refractivity (Wildman–Crippen MR) is 94.9 cm³/mol. The maximum Gasteiger partial charge on any atom is 0.322 e. The lowest BCUT2D eigenvalue weighted by atomic mass is 10.1. The monoisotopic (exact) mass is 382 g/mol. The van der Waals surface area contributed by atoms with Crippen molar-refractivity contribution in [3.8, 4) is 0 Å². The molecular formula is C16H22N4O5S. The minimum atomic E-state index is -3.62. The van der Waals surface area contributed by atoms with Crippen molar-refractivity contribution in [1.82, 2.24) is 14.9 Å². The molecule has 0 bridgehead atoms. The largest absolute Gasteiger partial charge is 0.326 e. The Balaban J connectivity index is 2.01. The average Bonchev–Trinajstić information content (AvgIpc) is 2.91. The first-order valence-corrected chi connectivity index (χ1v) is 9.73. The molecule has 3 N–H and O–H groups in total. The topological polar surface area (TPSA) is 125 Å². The molecule has 0 saturated carbocycles. The summed E-state index contributed by atoms with van der Waals surface area (Å²) in [6, 6.07) is 4.70. The van der Waals surface area contributed by atoms with E-state index in [4.69, 9.17) is 0 Å². The van der Waals surface area contributed by atoms with Crippen LogP contribution in [0.15, 0.2) is 29.2 Å². The van der Waals surface area contributed by atoms with Crippen LogP contribution < -0.4 is 16.0 Å². The van der Waals surface area contributed by atoms with E-state index in [1.165, 1.54) is 16.4 Å². The normalized spacial score (nSPS) is 17.1. The fourth-order valence-corrected chi connectivity index (χ4v) is 4.11. The third kappa shape index (κ3) is 4.58. The van der Waals surface area contributed by atoms with Crippen LogP contribution in [0.5, 0.6) is 0 Å². The van der Waals surface area contributed by atoms with E-state index in [9.17, 15) is 22.8 Å². The Bertz CT molecular complexity index is 805. The lowest BCUT2D eigenvalue weighted by Gasteiger charge is -2.18.